The Hall–Kier alpha value is -0.210. The Kier molecular flexibility index (Phi) is 2.21. The van der Waals surface area contributed by atoms with Crippen LogP contribution in [0.4, 0.5) is 4.39 Å². The van der Waals surface area contributed by atoms with E-state index < -0.39 is 6.17 Å². The number of rotatable bonds is 1. The number of hydrogen-bond acceptors (Lipinski definition) is 1. The van der Waals surface area contributed by atoms with Gasteiger partial charge < -0.3 is 4.42 Å². The third kappa shape index (κ3) is 1.44. The largest absolute Gasteiger partial charge is 0.445 e. The molecule has 0 amide bonds. The highest BCUT2D eigenvalue weighted by molar-refractivity contribution is 6.40. The van der Waals surface area contributed by atoms with E-state index in [2.05, 4.69) is 11.3 Å². The average molecular weight is 182 g/mol. The van der Waals surface area contributed by atoms with E-state index in [1.807, 2.05) is 0 Å². The van der Waals surface area contributed by atoms with Crippen molar-refractivity contribution in [2.45, 2.75) is 6.17 Å². The lowest BCUT2D eigenvalue weighted by atomic mass is 10.3. The zero-order chi connectivity index (χ0) is 7.72. The van der Waals surface area contributed by atoms with Crippen LogP contribution in [0.5, 0.6) is 0 Å². The lowest BCUT2D eigenvalue weighted by Gasteiger charge is -1.91. The Morgan fingerprint density at radius 2 is 2.20 bits per heavy atom. The van der Waals surface area contributed by atoms with Crippen molar-refractivity contribution in [3.63, 3.8) is 0 Å². The fourth-order valence-corrected chi connectivity index (χ4v) is 0.807. The molecular formula is C6H4Cl2FO. The molecular weight excluding hydrogens is 178 g/mol. The quantitative estimate of drug-likeness (QED) is 0.648. The summed E-state index contributed by atoms with van der Waals surface area (Å²) in [6.07, 6.45) is -1.41. The second-order valence-corrected chi connectivity index (χ2v) is 2.49. The Labute approximate surface area is 67.7 Å². The molecule has 1 aromatic rings. The van der Waals surface area contributed by atoms with Crippen molar-refractivity contribution in [3.05, 3.63) is 29.0 Å². The minimum absolute atomic E-state index is 0.00275. The van der Waals surface area contributed by atoms with Crippen molar-refractivity contribution in [2.75, 3.05) is 0 Å². The molecule has 0 aliphatic rings. The lowest BCUT2D eigenvalue weighted by Crippen LogP contribution is -1.78. The van der Waals surface area contributed by atoms with Crippen LogP contribution in [0.25, 0.3) is 0 Å². The van der Waals surface area contributed by atoms with Crippen molar-refractivity contribution in [1.29, 1.82) is 0 Å². The summed E-state index contributed by atoms with van der Waals surface area (Å²) >= 11 is 10.8. The molecule has 0 saturated heterocycles. The molecule has 1 radical (unpaired) electrons. The molecule has 1 unspecified atom stereocenters. The summed E-state index contributed by atoms with van der Waals surface area (Å²) in [5, 5.41) is 0.214. The van der Waals surface area contributed by atoms with Gasteiger partial charge in [-0.05, 0) is 18.5 Å². The SMILES string of the molecule is [CH2]C(F)c1cc(Cl)c(Cl)o1. The summed E-state index contributed by atoms with van der Waals surface area (Å²) in [5.41, 5.74) is 0. The summed E-state index contributed by atoms with van der Waals surface area (Å²) < 4.78 is 17.0. The predicted molar refractivity (Wildman–Crippen MR) is 37.9 cm³/mol. The number of hydrogen-bond donors (Lipinski definition) is 0. The second-order valence-electron chi connectivity index (χ2n) is 1.74. The van der Waals surface area contributed by atoms with E-state index in [1.165, 1.54) is 6.07 Å². The summed E-state index contributed by atoms with van der Waals surface area (Å²) in [5.74, 6) is 0.0509. The van der Waals surface area contributed by atoms with E-state index >= 15 is 0 Å². The van der Waals surface area contributed by atoms with Crippen LogP contribution in [0.2, 0.25) is 10.2 Å². The van der Waals surface area contributed by atoms with Gasteiger partial charge in [0.1, 0.15) is 5.76 Å². The average Bonchev–Trinajstić information content (AvgIpc) is 2.13. The molecule has 0 fully saturated rings. The Morgan fingerprint density at radius 1 is 1.60 bits per heavy atom. The van der Waals surface area contributed by atoms with Gasteiger partial charge in [-0.1, -0.05) is 11.6 Å². The van der Waals surface area contributed by atoms with Crippen LogP contribution in [0.15, 0.2) is 10.5 Å². The van der Waals surface area contributed by atoms with Gasteiger partial charge in [-0.2, -0.15) is 0 Å². The van der Waals surface area contributed by atoms with Gasteiger partial charge in [0.15, 0.2) is 6.17 Å². The van der Waals surface area contributed by atoms with Crippen LogP contribution >= 0.6 is 23.2 Å². The maximum atomic E-state index is 12.3. The fraction of sp³-hybridized carbons (Fsp3) is 0.167. The molecule has 55 valence electrons. The van der Waals surface area contributed by atoms with Gasteiger partial charge in [0.05, 0.1) is 5.02 Å². The molecule has 0 N–H and O–H groups in total. The van der Waals surface area contributed by atoms with Gasteiger partial charge in [0.25, 0.3) is 0 Å². The van der Waals surface area contributed by atoms with Crippen molar-refractivity contribution in [1.82, 2.24) is 0 Å². The Balaban J connectivity index is 2.98. The van der Waals surface area contributed by atoms with Gasteiger partial charge in [-0.15, -0.1) is 0 Å². The molecule has 10 heavy (non-hydrogen) atoms. The van der Waals surface area contributed by atoms with Gasteiger partial charge in [0.2, 0.25) is 5.22 Å². The van der Waals surface area contributed by atoms with Crippen molar-refractivity contribution >= 4 is 23.2 Å². The molecule has 1 nitrogen and oxygen atoms in total. The number of halogens is 3. The minimum Gasteiger partial charge on any atom is -0.445 e. The molecule has 1 rings (SSSR count). The number of furan rings is 1. The summed E-state index contributed by atoms with van der Waals surface area (Å²) in [6.45, 7) is 3.09. The highest BCUT2D eigenvalue weighted by atomic mass is 35.5. The first-order valence-electron chi connectivity index (χ1n) is 2.53. The summed E-state index contributed by atoms with van der Waals surface area (Å²) in [6, 6.07) is 1.31. The van der Waals surface area contributed by atoms with Crippen molar-refractivity contribution in [2.24, 2.45) is 0 Å². The first-order valence-corrected chi connectivity index (χ1v) is 3.28. The standard InChI is InChI=1S/C6H4Cl2FO/c1-3(9)5-2-4(7)6(8)10-5/h2-3H,1H2. The zero-order valence-electron chi connectivity index (χ0n) is 4.90. The molecule has 0 saturated carbocycles. The third-order valence-corrected chi connectivity index (χ3v) is 1.63. The third-order valence-electron chi connectivity index (χ3n) is 0.973. The smallest absolute Gasteiger partial charge is 0.212 e. The summed E-state index contributed by atoms with van der Waals surface area (Å²) in [4.78, 5) is 0. The molecule has 1 heterocycles. The van der Waals surface area contributed by atoms with Crippen LogP contribution < -0.4 is 0 Å². The first kappa shape index (κ1) is 7.89. The number of alkyl halides is 1. The van der Waals surface area contributed by atoms with Gasteiger partial charge in [-0.25, -0.2) is 4.39 Å². The van der Waals surface area contributed by atoms with E-state index in [0.29, 0.717) is 0 Å². The van der Waals surface area contributed by atoms with Gasteiger partial charge in [-0.3, -0.25) is 0 Å². The molecule has 0 aromatic carbocycles. The fourth-order valence-electron chi connectivity index (χ4n) is 0.518. The predicted octanol–water partition coefficient (Wildman–Crippen LogP) is 3.43. The van der Waals surface area contributed by atoms with E-state index in [1.54, 1.807) is 0 Å². The van der Waals surface area contributed by atoms with E-state index in [-0.39, 0.29) is 16.0 Å². The minimum atomic E-state index is -1.41. The second kappa shape index (κ2) is 2.81. The maximum Gasteiger partial charge on any atom is 0.212 e. The molecule has 1 atom stereocenters. The Bertz CT molecular complexity index is 212. The molecule has 4 heteroatoms. The van der Waals surface area contributed by atoms with Gasteiger partial charge in [0, 0.05) is 6.07 Å². The van der Waals surface area contributed by atoms with Crippen LogP contribution in [0, 0.1) is 6.92 Å². The summed E-state index contributed by atoms with van der Waals surface area (Å²) in [7, 11) is 0. The maximum absolute atomic E-state index is 12.3. The molecule has 0 spiro atoms. The highest BCUT2D eigenvalue weighted by Crippen LogP contribution is 2.29. The lowest BCUT2D eigenvalue weighted by molar-refractivity contribution is 0.339. The molecule has 0 bridgehead atoms. The van der Waals surface area contributed by atoms with Crippen LogP contribution in [-0.2, 0) is 0 Å². The highest BCUT2D eigenvalue weighted by Gasteiger charge is 2.11. The van der Waals surface area contributed by atoms with Crippen LogP contribution in [0.3, 0.4) is 0 Å². The monoisotopic (exact) mass is 181 g/mol. The normalized spacial score (nSPS) is 13.6. The molecule has 0 aliphatic heterocycles. The van der Waals surface area contributed by atoms with E-state index in [9.17, 15) is 4.39 Å². The van der Waals surface area contributed by atoms with Crippen molar-refractivity contribution < 1.29 is 8.81 Å². The van der Waals surface area contributed by atoms with E-state index in [0.717, 1.165) is 0 Å². The zero-order valence-corrected chi connectivity index (χ0v) is 6.42. The van der Waals surface area contributed by atoms with Crippen LogP contribution in [-0.4, -0.2) is 0 Å². The van der Waals surface area contributed by atoms with Crippen LogP contribution in [0.1, 0.15) is 11.9 Å². The molecule has 0 aliphatic carbocycles. The first-order chi connectivity index (χ1) is 4.61. The van der Waals surface area contributed by atoms with Gasteiger partial charge >= 0.3 is 0 Å². The topological polar surface area (TPSA) is 13.1 Å². The Morgan fingerprint density at radius 3 is 2.40 bits per heavy atom. The van der Waals surface area contributed by atoms with Crippen molar-refractivity contribution in [3.8, 4) is 0 Å². The van der Waals surface area contributed by atoms with E-state index in [4.69, 9.17) is 23.2 Å². The molecule has 1 aromatic heterocycles.